The molecule has 1 N–H and O–H groups in total. The number of benzene rings is 7. The van der Waals surface area contributed by atoms with Gasteiger partial charge in [-0.15, -0.1) is 0 Å². The lowest BCUT2D eigenvalue weighted by molar-refractivity contribution is 0.668. The highest BCUT2D eigenvalue weighted by atomic mass is 32.2. The lowest BCUT2D eigenvalue weighted by Crippen LogP contribution is -2.04. The molecule has 3 heterocycles. The molecule has 0 saturated heterocycles. The Morgan fingerprint density at radius 1 is 0.535 bits per heavy atom. The van der Waals surface area contributed by atoms with Crippen LogP contribution in [-0.2, 0) is 0 Å². The van der Waals surface area contributed by atoms with Crippen LogP contribution in [0.3, 0.4) is 0 Å². The maximum atomic E-state index is 6.20. The number of fused-ring (bicyclic) bond motifs is 11. The SMILES string of the molecule is c1ccc2c(c1)ccc1c2c2ccccc2n1-c1ccc(C2Nc3ccc4oc5ccccc5c4c3S2)c2ccccc12. The van der Waals surface area contributed by atoms with Crippen molar-refractivity contribution in [1.82, 2.24) is 4.57 Å². The lowest BCUT2D eigenvalue weighted by Gasteiger charge is -2.18. The Labute approximate surface area is 251 Å². The number of nitrogens with zero attached hydrogens (tertiary/aromatic N) is 1. The van der Waals surface area contributed by atoms with Crippen LogP contribution >= 0.6 is 11.8 Å². The molecule has 9 aromatic rings. The number of hydrogen-bond donors (Lipinski definition) is 1. The molecule has 0 aliphatic carbocycles. The van der Waals surface area contributed by atoms with E-state index in [-0.39, 0.29) is 5.37 Å². The highest BCUT2D eigenvalue weighted by Crippen LogP contribution is 2.53. The summed E-state index contributed by atoms with van der Waals surface area (Å²) >= 11 is 1.89. The number of anilines is 1. The fourth-order valence-electron chi connectivity index (χ4n) is 7.18. The Bertz CT molecular complexity index is 2590. The van der Waals surface area contributed by atoms with Gasteiger partial charge in [-0.05, 0) is 58.1 Å². The highest BCUT2D eigenvalue weighted by molar-refractivity contribution is 8.00. The first-order valence-corrected chi connectivity index (χ1v) is 15.5. The van der Waals surface area contributed by atoms with Crippen molar-refractivity contribution in [2.75, 3.05) is 5.32 Å². The van der Waals surface area contributed by atoms with Gasteiger partial charge in [0, 0.05) is 37.5 Å². The first-order chi connectivity index (χ1) is 21.3. The fraction of sp³-hybridized carbons (Fsp3) is 0.0256. The van der Waals surface area contributed by atoms with Gasteiger partial charge < -0.3 is 14.3 Å². The van der Waals surface area contributed by atoms with Crippen molar-refractivity contribution < 1.29 is 4.42 Å². The molecule has 0 amide bonds. The lowest BCUT2D eigenvalue weighted by atomic mass is 10.0. The standard InChI is InChI=1S/C39H24N2OS/c1-2-10-24-23(9-1)17-20-33-36(24)28-13-5-7-15-31(28)41(33)32-21-18-27(25-11-3-4-12-26(25)32)39-40-30-19-22-35-37(38(30)43-39)29-14-6-8-16-34(29)42-35/h1-22,39-40H. The topological polar surface area (TPSA) is 30.1 Å². The maximum Gasteiger partial charge on any atom is 0.136 e. The average Bonchev–Trinajstić information content (AvgIpc) is 3.76. The van der Waals surface area contributed by atoms with Gasteiger partial charge >= 0.3 is 0 Å². The summed E-state index contributed by atoms with van der Waals surface area (Å²) in [6.45, 7) is 0. The van der Waals surface area contributed by atoms with Gasteiger partial charge in [-0.25, -0.2) is 0 Å². The van der Waals surface area contributed by atoms with Crippen molar-refractivity contribution in [3.05, 3.63) is 139 Å². The molecular weight excluding hydrogens is 545 g/mol. The normalized spacial score (nSPS) is 14.8. The molecule has 0 radical (unpaired) electrons. The van der Waals surface area contributed by atoms with Crippen molar-refractivity contribution in [2.24, 2.45) is 0 Å². The molecule has 0 bridgehead atoms. The van der Waals surface area contributed by atoms with Crippen molar-refractivity contribution in [2.45, 2.75) is 10.3 Å². The molecular formula is C39H24N2OS. The molecule has 1 unspecified atom stereocenters. The highest BCUT2D eigenvalue weighted by Gasteiger charge is 2.28. The van der Waals surface area contributed by atoms with Gasteiger partial charge in [-0.2, -0.15) is 0 Å². The van der Waals surface area contributed by atoms with E-state index in [1.165, 1.54) is 70.3 Å². The third-order valence-corrected chi connectivity index (χ3v) is 10.3. The number of aromatic nitrogens is 1. The summed E-state index contributed by atoms with van der Waals surface area (Å²) in [5, 5.41) is 13.9. The molecule has 7 aromatic carbocycles. The molecule has 43 heavy (non-hydrogen) atoms. The number of rotatable bonds is 2. The second kappa shape index (κ2) is 8.66. The van der Waals surface area contributed by atoms with E-state index < -0.39 is 0 Å². The Morgan fingerprint density at radius 2 is 1.28 bits per heavy atom. The molecule has 10 rings (SSSR count). The minimum atomic E-state index is 0.0929. The van der Waals surface area contributed by atoms with E-state index in [9.17, 15) is 0 Å². The molecule has 4 heteroatoms. The van der Waals surface area contributed by atoms with E-state index >= 15 is 0 Å². The second-order valence-electron chi connectivity index (χ2n) is 11.3. The molecule has 1 aliphatic rings. The summed E-state index contributed by atoms with van der Waals surface area (Å²) < 4.78 is 8.65. The van der Waals surface area contributed by atoms with E-state index in [1.54, 1.807) is 0 Å². The average molecular weight is 569 g/mol. The fourth-order valence-corrected chi connectivity index (χ4v) is 8.52. The third-order valence-electron chi connectivity index (χ3n) is 9.04. The molecule has 1 aliphatic heterocycles. The number of nitrogens with one attached hydrogen (secondary N) is 1. The van der Waals surface area contributed by atoms with Crippen molar-refractivity contribution in [3.63, 3.8) is 0 Å². The van der Waals surface area contributed by atoms with Gasteiger partial charge in [-0.1, -0.05) is 109 Å². The zero-order valence-electron chi connectivity index (χ0n) is 23.0. The molecule has 202 valence electrons. The summed E-state index contributed by atoms with van der Waals surface area (Å²) in [4.78, 5) is 1.26. The van der Waals surface area contributed by atoms with Crippen LogP contribution < -0.4 is 5.32 Å². The van der Waals surface area contributed by atoms with Crippen molar-refractivity contribution in [1.29, 1.82) is 0 Å². The van der Waals surface area contributed by atoms with Crippen LogP contribution in [0.1, 0.15) is 10.9 Å². The molecule has 1 atom stereocenters. The second-order valence-corrected chi connectivity index (χ2v) is 12.4. The first-order valence-electron chi connectivity index (χ1n) is 14.6. The Balaban J connectivity index is 1.18. The monoisotopic (exact) mass is 568 g/mol. The summed E-state index contributed by atoms with van der Waals surface area (Å²) in [6, 6.07) is 48.1. The van der Waals surface area contributed by atoms with Crippen LogP contribution in [0.5, 0.6) is 0 Å². The first kappa shape index (κ1) is 23.4. The summed E-state index contributed by atoms with van der Waals surface area (Å²) in [5.41, 5.74) is 7.97. The van der Waals surface area contributed by atoms with E-state index in [0.717, 1.165) is 16.9 Å². The summed E-state index contributed by atoms with van der Waals surface area (Å²) in [5.74, 6) is 0. The molecule has 3 nitrogen and oxygen atoms in total. The van der Waals surface area contributed by atoms with Gasteiger partial charge in [0.1, 0.15) is 16.5 Å². The largest absolute Gasteiger partial charge is 0.456 e. The Hall–Kier alpha value is -5.19. The predicted molar refractivity (Wildman–Crippen MR) is 182 cm³/mol. The Morgan fingerprint density at radius 3 is 2.19 bits per heavy atom. The van der Waals surface area contributed by atoms with Crippen LogP contribution in [0, 0.1) is 0 Å². The van der Waals surface area contributed by atoms with Gasteiger partial charge in [0.05, 0.1) is 16.7 Å². The minimum Gasteiger partial charge on any atom is -0.456 e. The van der Waals surface area contributed by atoms with Gasteiger partial charge in [-0.3, -0.25) is 0 Å². The summed E-state index contributed by atoms with van der Waals surface area (Å²) in [6.07, 6.45) is 0. The molecule has 2 aromatic heterocycles. The van der Waals surface area contributed by atoms with Gasteiger partial charge in [0.15, 0.2) is 0 Å². The van der Waals surface area contributed by atoms with E-state index in [4.69, 9.17) is 4.42 Å². The number of thioether (sulfide) groups is 1. The predicted octanol–water partition coefficient (Wildman–Crippen LogP) is 11.2. The van der Waals surface area contributed by atoms with Crippen LogP contribution in [0.2, 0.25) is 0 Å². The molecule has 0 fully saturated rings. The molecule has 0 spiro atoms. The smallest absolute Gasteiger partial charge is 0.136 e. The zero-order valence-corrected chi connectivity index (χ0v) is 23.9. The van der Waals surface area contributed by atoms with Gasteiger partial charge in [0.25, 0.3) is 0 Å². The third kappa shape index (κ3) is 3.21. The van der Waals surface area contributed by atoms with Crippen molar-refractivity contribution in [3.8, 4) is 5.69 Å². The zero-order chi connectivity index (χ0) is 28.1. The van der Waals surface area contributed by atoms with Crippen LogP contribution in [0.15, 0.2) is 143 Å². The summed E-state index contributed by atoms with van der Waals surface area (Å²) in [7, 11) is 0. The van der Waals surface area contributed by atoms with E-state index in [1.807, 2.05) is 17.8 Å². The maximum absolute atomic E-state index is 6.20. The molecule has 0 saturated carbocycles. The van der Waals surface area contributed by atoms with Crippen LogP contribution in [0.4, 0.5) is 5.69 Å². The van der Waals surface area contributed by atoms with Crippen LogP contribution in [-0.4, -0.2) is 4.57 Å². The number of hydrogen-bond acceptors (Lipinski definition) is 3. The van der Waals surface area contributed by atoms with Crippen LogP contribution in [0.25, 0.3) is 71.0 Å². The minimum absolute atomic E-state index is 0.0929. The quantitative estimate of drug-likeness (QED) is 0.225. The number of para-hydroxylation sites is 2. The van der Waals surface area contributed by atoms with E-state index in [0.29, 0.717) is 0 Å². The Kier molecular flexibility index (Phi) is 4.71. The number of furan rings is 1. The van der Waals surface area contributed by atoms with Crippen molar-refractivity contribution >= 4 is 82.7 Å². The van der Waals surface area contributed by atoms with Gasteiger partial charge in [0.2, 0.25) is 0 Å². The van der Waals surface area contributed by atoms with E-state index in [2.05, 4.69) is 137 Å².